The molecule has 0 aliphatic rings. The third-order valence-corrected chi connectivity index (χ3v) is 2.58. The lowest BCUT2D eigenvalue weighted by atomic mass is 10.3. The van der Waals surface area contributed by atoms with E-state index in [1.807, 2.05) is 14.0 Å². The number of halogens is 1. The van der Waals surface area contributed by atoms with Gasteiger partial charge in [0.05, 0.1) is 17.9 Å². The van der Waals surface area contributed by atoms with Gasteiger partial charge >= 0.3 is 0 Å². The molecule has 0 atom stereocenters. The molecule has 1 heterocycles. The zero-order valence-electron chi connectivity index (χ0n) is 10.8. The number of hydrogen-bond acceptors (Lipinski definition) is 3. The number of hydrogen-bond donors (Lipinski definition) is 2. The first kappa shape index (κ1) is 13.1. The Bertz CT molecular complexity index is 577. The van der Waals surface area contributed by atoms with Gasteiger partial charge in [0.1, 0.15) is 5.82 Å². The van der Waals surface area contributed by atoms with Crippen LogP contribution in [-0.4, -0.2) is 22.2 Å². The van der Waals surface area contributed by atoms with E-state index in [0.29, 0.717) is 5.69 Å². The highest BCUT2D eigenvalue weighted by molar-refractivity contribution is 5.93. The van der Waals surface area contributed by atoms with Crippen LogP contribution in [0.5, 0.6) is 0 Å². The first-order valence-electron chi connectivity index (χ1n) is 5.84. The Morgan fingerprint density at radius 3 is 2.63 bits per heavy atom. The Morgan fingerprint density at radius 1 is 1.37 bits per heavy atom. The third kappa shape index (κ3) is 3.54. The van der Waals surface area contributed by atoms with Crippen molar-refractivity contribution in [3.05, 3.63) is 42.0 Å². The fourth-order valence-corrected chi connectivity index (χ4v) is 1.69. The minimum absolute atomic E-state index is 0.129. The van der Waals surface area contributed by atoms with Gasteiger partial charge in [0, 0.05) is 18.9 Å². The van der Waals surface area contributed by atoms with Gasteiger partial charge in [0.2, 0.25) is 5.91 Å². The van der Waals surface area contributed by atoms with Crippen LogP contribution in [0.3, 0.4) is 0 Å². The maximum Gasteiger partial charge on any atom is 0.243 e. The van der Waals surface area contributed by atoms with Gasteiger partial charge in [-0.05, 0) is 31.2 Å². The van der Waals surface area contributed by atoms with Crippen molar-refractivity contribution in [2.24, 2.45) is 7.05 Å². The number of carbonyl (C=O) groups is 1. The molecule has 1 amide bonds. The van der Waals surface area contributed by atoms with Crippen LogP contribution in [0.1, 0.15) is 5.69 Å². The van der Waals surface area contributed by atoms with E-state index in [1.54, 1.807) is 10.9 Å². The Kier molecular flexibility index (Phi) is 3.79. The van der Waals surface area contributed by atoms with E-state index in [0.717, 1.165) is 11.4 Å². The topological polar surface area (TPSA) is 59.0 Å². The molecular formula is C13H15FN4O. The van der Waals surface area contributed by atoms with Crippen molar-refractivity contribution in [2.75, 3.05) is 17.2 Å². The molecule has 0 saturated carbocycles. The summed E-state index contributed by atoms with van der Waals surface area (Å²) < 4.78 is 14.4. The van der Waals surface area contributed by atoms with E-state index < -0.39 is 0 Å². The molecular weight excluding hydrogens is 247 g/mol. The summed E-state index contributed by atoms with van der Waals surface area (Å²) in [5.74, 6) is -0.531. The molecule has 2 N–H and O–H groups in total. The van der Waals surface area contributed by atoms with E-state index in [-0.39, 0.29) is 18.3 Å². The zero-order chi connectivity index (χ0) is 13.8. The predicted molar refractivity (Wildman–Crippen MR) is 71.5 cm³/mol. The summed E-state index contributed by atoms with van der Waals surface area (Å²) in [6.45, 7) is 1.99. The third-order valence-electron chi connectivity index (χ3n) is 2.58. The summed E-state index contributed by atoms with van der Waals surface area (Å²) in [6, 6.07) is 5.63. The smallest absolute Gasteiger partial charge is 0.243 e. The second-order valence-electron chi connectivity index (χ2n) is 4.21. The van der Waals surface area contributed by atoms with Gasteiger partial charge in [-0.2, -0.15) is 5.10 Å². The summed E-state index contributed by atoms with van der Waals surface area (Å²) in [5, 5.41) is 9.83. The molecule has 5 nitrogen and oxygen atoms in total. The maximum atomic E-state index is 12.7. The number of rotatable bonds is 4. The standard InChI is InChI=1S/C13H15FN4O/c1-9-12(8-18(2)17-9)15-7-13(19)16-11-5-3-10(14)4-6-11/h3-6,8,15H,7H2,1-2H3,(H,16,19). The summed E-state index contributed by atoms with van der Waals surface area (Å²) in [7, 11) is 1.82. The van der Waals surface area contributed by atoms with Crippen LogP contribution in [0.2, 0.25) is 0 Å². The Hall–Kier alpha value is -2.37. The van der Waals surface area contributed by atoms with Gasteiger partial charge in [0.15, 0.2) is 0 Å². The number of aromatic nitrogens is 2. The van der Waals surface area contributed by atoms with E-state index in [1.165, 1.54) is 24.3 Å². The summed E-state index contributed by atoms with van der Waals surface area (Å²) >= 11 is 0. The predicted octanol–water partition coefficient (Wildman–Crippen LogP) is 1.92. The molecule has 0 spiro atoms. The van der Waals surface area contributed by atoms with Crippen molar-refractivity contribution in [1.82, 2.24) is 9.78 Å². The summed E-state index contributed by atoms with van der Waals surface area (Å²) in [5.41, 5.74) is 2.21. The summed E-state index contributed by atoms with van der Waals surface area (Å²) in [6.07, 6.45) is 1.81. The zero-order valence-corrected chi connectivity index (χ0v) is 10.8. The van der Waals surface area contributed by atoms with Crippen molar-refractivity contribution in [3.8, 4) is 0 Å². The van der Waals surface area contributed by atoms with Crippen LogP contribution in [-0.2, 0) is 11.8 Å². The van der Waals surface area contributed by atoms with Crippen molar-refractivity contribution in [3.63, 3.8) is 0 Å². The molecule has 0 aliphatic heterocycles. The second-order valence-corrected chi connectivity index (χ2v) is 4.21. The van der Waals surface area contributed by atoms with Gasteiger partial charge in [-0.15, -0.1) is 0 Å². The van der Waals surface area contributed by atoms with E-state index in [4.69, 9.17) is 0 Å². The van der Waals surface area contributed by atoms with Crippen LogP contribution < -0.4 is 10.6 Å². The lowest BCUT2D eigenvalue weighted by Crippen LogP contribution is -2.21. The van der Waals surface area contributed by atoms with Crippen LogP contribution in [0.4, 0.5) is 15.8 Å². The minimum Gasteiger partial charge on any atom is -0.373 e. The minimum atomic E-state index is -0.331. The maximum absolute atomic E-state index is 12.7. The summed E-state index contributed by atoms with van der Waals surface area (Å²) in [4.78, 5) is 11.7. The first-order valence-corrected chi connectivity index (χ1v) is 5.84. The van der Waals surface area contributed by atoms with Crippen LogP contribution >= 0.6 is 0 Å². The number of nitrogens with one attached hydrogen (secondary N) is 2. The number of nitrogens with zero attached hydrogens (tertiary/aromatic N) is 2. The molecule has 1 aromatic carbocycles. The molecule has 0 fully saturated rings. The van der Waals surface area contributed by atoms with Crippen molar-refractivity contribution >= 4 is 17.3 Å². The largest absolute Gasteiger partial charge is 0.373 e. The molecule has 0 saturated heterocycles. The average Bonchev–Trinajstić information content (AvgIpc) is 2.68. The molecule has 0 radical (unpaired) electrons. The van der Waals surface area contributed by atoms with Gasteiger partial charge in [0.25, 0.3) is 0 Å². The van der Waals surface area contributed by atoms with Crippen LogP contribution in [0.15, 0.2) is 30.5 Å². The first-order chi connectivity index (χ1) is 9.04. The van der Waals surface area contributed by atoms with E-state index in [9.17, 15) is 9.18 Å². The SMILES string of the molecule is Cc1nn(C)cc1NCC(=O)Nc1ccc(F)cc1. The lowest BCUT2D eigenvalue weighted by molar-refractivity contribution is -0.114. The van der Waals surface area contributed by atoms with Crippen LogP contribution in [0.25, 0.3) is 0 Å². The fourth-order valence-electron chi connectivity index (χ4n) is 1.69. The lowest BCUT2D eigenvalue weighted by Gasteiger charge is -2.06. The molecule has 2 rings (SSSR count). The van der Waals surface area contributed by atoms with Gasteiger partial charge < -0.3 is 10.6 Å². The number of anilines is 2. The quantitative estimate of drug-likeness (QED) is 0.885. The van der Waals surface area contributed by atoms with E-state index in [2.05, 4.69) is 15.7 Å². The number of aryl methyl sites for hydroxylation is 2. The monoisotopic (exact) mass is 262 g/mol. The fraction of sp³-hybridized carbons (Fsp3) is 0.231. The van der Waals surface area contributed by atoms with Gasteiger partial charge in [-0.3, -0.25) is 9.48 Å². The molecule has 1 aromatic heterocycles. The Morgan fingerprint density at radius 2 is 2.05 bits per heavy atom. The van der Waals surface area contributed by atoms with Crippen LogP contribution in [0, 0.1) is 12.7 Å². The molecule has 6 heteroatoms. The molecule has 100 valence electrons. The highest BCUT2D eigenvalue weighted by Crippen LogP contribution is 2.11. The Balaban J connectivity index is 1.88. The number of amides is 1. The van der Waals surface area contributed by atoms with Crippen molar-refractivity contribution < 1.29 is 9.18 Å². The second kappa shape index (κ2) is 5.51. The molecule has 19 heavy (non-hydrogen) atoms. The van der Waals surface area contributed by atoms with Crippen molar-refractivity contribution in [2.45, 2.75) is 6.92 Å². The van der Waals surface area contributed by atoms with Gasteiger partial charge in [-0.25, -0.2) is 4.39 Å². The Labute approximate surface area is 110 Å². The van der Waals surface area contributed by atoms with Gasteiger partial charge in [-0.1, -0.05) is 0 Å². The number of benzene rings is 1. The highest BCUT2D eigenvalue weighted by Gasteiger charge is 2.06. The average molecular weight is 262 g/mol. The molecule has 0 bridgehead atoms. The number of carbonyl (C=O) groups excluding carboxylic acids is 1. The van der Waals surface area contributed by atoms with E-state index >= 15 is 0 Å². The normalized spacial score (nSPS) is 10.3. The molecule has 2 aromatic rings. The molecule has 0 aliphatic carbocycles. The molecule has 0 unspecified atom stereocenters. The highest BCUT2D eigenvalue weighted by atomic mass is 19.1. The van der Waals surface area contributed by atoms with Crippen molar-refractivity contribution in [1.29, 1.82) is 0 Å².